The summed E-state index contributed by atoms with van der Waals surface area (Å²) >= 11 is 0. The van der Waals surface area contributed by atoms with Crippen LogP contribution in [0.2, 0.25) is 0 Å². The average molecular weight is 379 g/mol. The first-order chi connectivity index (χ1) is 13.7. The molecule has 28 heavy (non-hydrogen) atoms. The second-order valence-corrected chi connectivity index (χ2v) is 6.40. The van der Waals surface area contributed by atoms with Crippen LogP contribution in [-0.4, -0.2) is 52.1 Å². The SMILES string of the molecule is Cc1ccccc1NC(=O)Nc1cnn(-c2ncncc2N2CCOCC2)c1. The molecule has 1 aliphatic rings. The Morgan fingerprint density at radius 2 is 1.96 bits per heavy atom. The van der Waals surface area contributed by atoms with E-state index in [4.69, 9.17) is 4.74 Å². The van der Waals surface area contributed by atoms with Crippen LogP contribution in [-0.2, 0) is 4.74 Å². The molecule has 2 amide bonds. The Morgan fingerprint density at radius 3 is 2.79 bits per heavy atom. The highest BCUT2D eigenvalue weighted by Gasteiger charge is 2.18. The van der Waals surface area contributed by atoms with Gasteiger partial charge in [-0.15, -0.1) is 0 Å². The van der Waals surface area contributed by atoms with E-state index in [0.29, 0.717) is 24.7 Å². The van der Waals surface area contributed by atoms with Gasteiger partial charge in [0, 0.05) is 18.8 Å². The number of nitrogens with zero attached hydrogens (tertiary/aromatic N) is 5. The maximum absolute atomic E-state index is 12.3. The summed E-state index contributed by atoms with van der Waals surface area (Å²) in [6, 6.07) is 7.27. The van der Waals surface area contributed by atoms with Crippen molar-refractivity contribution in [2.24, 2.45) is 0 Å². The van der Waals surface area contributed by atoms with Crippen molar-refractivity contribution >= 4 is 23.1 Å². The van der Waals surface area contributed by atoms with E-state index in [-0.39, 0.29) is 6.03 Å². The van der Waals surface area contributed by atoms with Crippen molar-refractivity contribution in [2.45, 2.75) is 6.92 Å². The van der Waals surface area contributed by atoms with Gasteiger partial charge >= 0.3 is 6.03 Å². The van der Waals surface area contributed by atoms with E-state index >= 15 is 0 Å². The van der Waals surface area contributed by atoms with E-state index in [9.17, 15) is 4.79 Å². The lowest BCUT2D eigenvalue weighted by Crippen LogP contribution is -2.37. The summed E-state index contributed by atoms with van der Waals surface area (Å²) in [6.07, 6.45) is 6.57. The molecular formula is C19H21N7O2. The van der Waals surface area contributed by atoms with Crippen molar-refractivity contribution in [1.82, 2.24) is 19.7 Å². The molecule has 9 heteroatoms. The van der Waals surface area contributed by atoms with Crippen LogP contribution < -0.4 is 15.5 Å². The molecule has 4 rings (SSSR count). The average Bonchev–Trinajstić information content (AvgIpc) is 3.18. The fraction of sp³-hybridized carbons (Fsp3) is 0.263. The first-order valence-corrected chi connectivity index (χ1v) is 9.02. The van der Waals surface area contributed by atoms with Gasteiger partial charge in [0.15, 0.2) is 5.82 Å². The number of carbonyl (C=O) groups is 1. The van der Waals surface area contributed by atoms with Crippen LogP contribution in [0.1, 0.15) is 5.56 Å². The number of hydrogen-bond donors (Lipinski definition) is 2. The standard InChI is InChI=1S/C19H21N7O2/c1-14-4-2-3-5-16(14)24-19(27)23-15-10-22-26(12-15)18-17(11-20-13-21-18)25-6-8-28-9-7-25/h2-5,10-13H,6-9H2,1H3,(H2,23,24,27). The summed E-state index contributed by atoms with van der Waals surface area (Å²) in [5.41, 5.74) is 3.20. The normalized spacial score (nSPS) is 14.0. The van der Waals surface area contributed by atoms with E-state index in [1.807, 2.05) is 31.2 Å². The molecule has 0 atom stereocenters. The molecule has 2 N–H and O–H groups in total. The Hall–Kier alpha value is -3.46. The van der Waals surface area contributed by atoms with Gasteiger partial charge in [-0.05, 0) is 18.6 Å². The van der Waals surface area contributed by atoms with Gasteiger partial charge < -0.3 is 20.3 Å². The molecule has 1 fully saturated rings. The fourth-order valence-electron chi connectivity index (χ4n) is 3.02. The number of para-hydroxylation sites is 1. The Morgan fingerprint density at radius 1 is 1.14 bits per heavy atom. The van der Waals surface area contributed by atoms with E-state index in [2.05, 4.69) is 30.6 Å². The predicted octanol–water partition coefficient (Wildman–Crippen LogP) is 2.45. The molecule has 0 spiro atoms. The number of urea groups is 1. The molecule has 9 nitrogen and oxygen atoms in total. The first kappa shape index (κ1) is 17.9. The zero-order valence-electron chi connectivity index (χ0n) is 15.5. The third-order valence-electron chi connectivity index (χ3n) is 4.48. The third kappa shape index (κ3) is 3.94. The van der Waals surface area contributed by atoms with E-state index in [1.54, 1.807) is 23.3 Å². The quantitative estimate of drug-likeness (QED) is 0.723. The van der Waals surface area contributed by atoms with Crippen molar-refractivity contribution in [2.75, 3.05) is 41.8 Å². The van der Waals surface area contributed by atoms with Crippen molar-refractivity contribution in [3.05, 3.63) is 54.7 Å². The van der Waals surface area contributed by atoms with Gasteiger partial charge in [0.05, 0.1) is 37.5 Å². The number of nitrogens with one attached hydrogen (secondary N) is 2. The van der Waals surface area contributed by atoms with Crippen LogP contribution in [0.25, 0.3) is 5.82 Å². The number of ether oxygens (including phenoxy) is 1. The fourth-order valence-corrected chi connectivity index (χ4v) is 3.02. The minimum Gasteiger partial charge on any atom is -0.378 e. The highest BCUT2D eigenvalue weighted by Crippen LogP contribution is 2.23. The summed E-state index contributed by atoms with van der Waals surface area (Å²) in [5.74, 6) is 0.657. The number of anilines is 3. The highest BCUT2D eigenvalue weighted by molar-refractivity contribution is 6.00. The molecule has 1 aliphatic heterocycles. The molecular weight excluding hydrogens is 358 g/mol. The molecule has 0 radical (unpaired) electrons. The van der Waals surface area contributed by atoms with Gasteiger partial charge in [0.25, 0.3) is 0 Å². The van der Waals surface area contributed by atoms with Crippen molar-refractivity contribution in [3.8, 4) is 5.82 Å². The van der Waals surface area contributed by atoms with E-state index in [1.165, 1.54) is 6.33 Å². The minimum absolute atomic E-state index is 0.329. The molecule has 0 saturated carbocycles. The molecule has 1 saturated heterocycles. The number of benzene rings is 1. The van der Waals surface area contributed by atoms with Gasteiger partial charge in [0.1, 0.15) is 12.0 Å². The smallest absolute Gasteiger partial charge is 0.323 e. The van der Waals surface area contributed by atoms with Crippen LogP contribution >= 0.6 is 0 Å². The van der Waals surface area contributed by atoms with Crippen LogP contribution in [0.5, 0.6) is 0 Å². The summed E-state index contributed by atoms with van der Waals surface area (Å²) in [6.45, 7) is 4.81. The van der Waals surface area contributed by atoms with Crippen molar-refractivity contribution < 1.29 is 9.53 Å². The number of aryl methyl sites for hydroxylation is 1. The Kier molecular flexibility index (Phi) is 5.16. The zero-order valence-corrected chi connectivity index (χ0v) is 15.5. The zero-order chi connectivity index (χ0) is 19.3. The lowest BCUT2D eigenvalue weighted by molar-refractivity contribution is 0.122. The molecule has 0 unspecified atom stereocenters. The number of carbonyl (C=O) groups excluding carboxylic acids is 1. The van der Waals surface area contributed by atoms with Gasteiger partial charge in [-0.1, -0.05) is 18.2 Å². The number of rotatable bonds is 4. The van der Waals surface area contributed by atoms with Gasteiger partial charge in [-0.25, -0.2) is 19.4 Å². The number of hydrogen-bond acceptors (Lipinski definition) is 6. The van der Waals surface area contributed by atoms with Crippen LogP contribution in [0.4, 0.5) is 21.9 Å². The van der Waals surface area contributed by atoms with Gasteiger partial charge in [-0.2, -0.15) is 5.10 Å². The molecule has 2 aromatic heterocycles. The minimum atomic E-state index is -0.329. The first-order valence-electron chi connectivity index (χ1n) is 9.02. The summed E-state index contributed by atoms with van der Waals surface area (Å²) in [4.78, 5) is 23.0. The monoisotopic (exact) mass is 379 g/mol. The van der Waals surface area contributed by atoms with Crippen LogP contribution in [0.3, 0.4) is 0 Å². The van der Waals surface area contributed by atoms with Crippen molar-refractivity contribution in [3.63, 3.8) is 0 Å². The van der Waals surface area contributed by atoms with Crippen LogP contribution in [0, 0.1) is 6.92 Å². The van der Waals surface area contributed by atoms with E-state index < -0.39 is 0 Å². The lowest BCUT2D eigenvalue weighted by atomic mass is 10.2. The topological polar surface area (TPSA) is 97.2 Å². The molecule has 3 aromatic rings. The van der Waals surface area contributed by atoms with Gasteiger partial charge in [-0.3, -0.25) is 0 Å². The maximum Gasteiger partial charge on any atom is 0.323 e. The number of amides is 2. The molecule has 1 aromatic carbocycles. The summed E-state index contributed by atoms with van der Waals surface area (Å²) < 4.78 is 7.05. The van der Waals surface area contributed by atoms with Crippen molar-refractivity contribution in [1.29, 1.82) is 0 Å². The highest BCUT2D eigenvalue weighted by atomic mass is 16.5. The Balaban J connectivity index is 1.49. The molecule has 144 valence electrons. The lowest BCUT2D eigenvalue weighted by Gasteiger charge is -2.29. The molecule has 3 heterocycles. The molecule has 0 bridgehead atoms. The van der Waals surface area contributed by atoms with Gasteiger partial charge in [0.2, 0.25) is 0 Å². The van der Waals surface area contributed by atoms with E-state index in [0.717, 1.165) is 30.0 Å². The van der Waals surface area contributed by atoms with Crippen LogP contribution in [0.15, 0.2) is 49.2 Å². The number of morpholine rings is 1. The second-order valence-electron chi connectivity index (χ2n) is 6.40. The second kappa shape index (κ2) is 8.05. The Bertz CT molecular complexity index is 966. The predicted molar refractivity (Wildman–Crippen MR) is 106 cm³/mol. The number of aromatic nitrogens is 4. The largest absolute Gasteiger partial charge is 0.378 e. The summed E-state index contributed by atoms with van der Waals surface area (Å²) in [7, 11) is 0. The maximum atomic E-state index is 12.3. The third-order valence-corrected chi connectivity index (χ3v) is 4.48. The Labute approximate surface area is 162 Å². The summed E-state index contributed by atoms with van der Waals surface area (Å²) in [5, 5.41) is 9.98. The molecule has 0 aliphatic carbocycles.